The fourth-order valence-corrected chi connectivity index (χ4v) is 3.15. The molecule has 136 valence electrons. The molecule has 26 heavy (non-hydrogen) atoms. The number of aromatic nitrogens is 2. The molecule has 3 rings (SSSR count). The summed E-state index contributed by atoms with van der Waals surface area (Å²) in [5.41, 5.74) is 0.739. The van der Waals surface area contributed by atoms with E-state index in [4.69, 9.17) is 4.74 Å². The summed E-state index contributed by atoms with van der Waals surface area (Å²) < 4.78 is 33.5. The molecule has 2 heterocycles. The van der Waals surface area contributed by atoms with Crippen LogP contribution in [0.4, 0.5) is 8.78 Å². The lowest BCUT2D eigenvalue weighted by Crippen LogP contribution is -2.35. The van der Waals surface area contributed by atoms with Crippen molar-refractivity contribution >= 4 is 17.2 Å². The fraction of sp³-hybridized carbons (Fsp3) is 0.222. The third kappa shape index (κ3) is 4.66. The van der Waals surface area contributed by atoms with Crippen molar-refractivity contribution in [1.29, 1.82) is 0 Å². The minimum Gasteiger partial charge on any atom is -0.486 e. The molecule has 0 saturated carbocycles. The number of hydrogen-bond acceptors (Lipinski definition) is 4. The summed E-state index contributed by atoms with van der Waals surface area (Å²) in [4.78, 5) is 12.8. The zero-order valence-electron chi connectivity index (χ0n) is 14.0. The topological polar surface area (TPSA) is 56.2 Å². The van der Waals surface area contributed by atoms with Crippen LogP contribution in [0.3, 0.4) is 0 Å². The molecule has 8 heteroatoms. The quantitative estimate of drug-likeness (QED) is 0.684. The Bertz CT molecular complexity index is 880. The molecule has 1 N–H and O–H groups in total. The largest absolute Gasteiger partial charge is 0.486 e. The molecule has 1 amide bonds. The Morgan fingerprint density at radius 2 is 2.23 bits per heavy atom. The highest BCUT2D eigenvalue weighted by Gasteiger charge is 2.13. The molecule has 2 aromatic heterocycles. The van der Waals surface area contributed by atoms with Gasteiger partial charge in [0.05, 0.1) is 11.4 Å². The first kappa shape index (κ1) is 18.1. The van der Waals surface area contributed by atoms with E-state index in [0.717, 1.165) is 17.7 Å². The predicted molar refractivity (Wildman–Crippen MR) is 94.2 cm³/mol. The molecule has 0 bridgehead atoms. The van der Waals surface area contributed by atoms with Crippen LogP contribution in [-0.2, 0) is 13.2 Å². The number of halogens is 2. The zero-order chi connectivity index (χ0) is 18.5. The molecule has 0 aliphatic heterocycles. The lowest BCUT2D eigenvalue weighted by atomic mass is 10.3. The predicted octanol–water partition coefficient (Wildman–Crippen LogP) is 3.62. The van der Waals surface area contributed by atoms with Gasteiger partial charge in [-0.15, -0.1) is 11.3 Å². The molecule has 0 aliphatic carbocycles. The van der Waals surface area contributed by atoms with Crippen LogP contribution in [0.5, 0.6) is 5.75 Å². The number of carbonyl (C=O) groups is 1. The summed E-state index contributed by atoms with van der Waals surface area (Å²) in [6.45, 7) is 2.56. The summed E-state index contributed by atoms with van der Waals surface area (Å²) >= 11 is 1.28. The fourth-order valence-electron chi connectivity index (χ4n) is 2.35. The Hall–Kier alpha value is -2.74. The van der Waals surface area contributed by atoms with Crippen LogP contribution in [0.1, 0.15) is 22.2 Å². The minimum absolute atomic E-state index is 0.0311. The molecular weight excluding hydrogens is 360 g/mol. The second kappa shape index (κ2) is 8.09. The number of amides is 1. The smallest absolute Gasteiger partial charge is 0.261 e. The number of benzene rings is 1. The number of hydrogen-bond donors (Lipinski definition) is 1. The maximum Gasteiger partial charge on any atom is 0.261 e. The lowest BCUT2D eigenvalue weighted by Gasteiger charge is -2.13. The molecule has 1 atom stereocenters. The maximum absolute atomic E-state index is 13.6. The number of nitrogens with one attached hydrogen (secondary N) is 1. The first-order chi connectivity index (χ1) is 12.5. The molecule has 3 aromatic rings. The molecule has 5 nitrogen and oxygen atoms in total. The van der Waals surface area contributed by atoms with Gasteiger partial charge in [-0.25, -0.2) is 8.78 Å². The van der Waals surface area contributed by atoms with Gasteiger partial charge in [0.2, 0.25) is 0 Å². The summed E-state index contributed by atoms with van der Waals surface area (Å²) in [5, 5.41) is 8.78. The van der Waals surface area contributed by atoms with Gasteiger partial charge in [0.15, 0.2) is 11.6 Å². The number of carbonyl (C=O) groups excluding carboxylic acids is 1. The first-order valence-corrected chi connectivity index (χ1v) is 8.83. The summed E-state index contributed by atoms with van der Waals surface area (Å²) in [6.07, 6.45) is 3.52. The number of ether oxygens (including phenoxy) is 1. The van der Waals surface area contributed by atoms with E-state index in [1.807, 2.05) is 19.2 Å². The highest BCUT2D eigenvalue weighted by atomic mass is 32.1. The van der Waals surface area contributed by atoms with Gasteiger partial charge in [0.1, 0.15) is 12.4 Å². The number of thiophene rings is 1. The van der Waals surface area contributed by atoms with Gasteiger partial charge in [-0.05, 0) is 36.6 Å². The van der Waals surface area contributed by atoms with Crippen molar-refractivity contribution in [3.8, 4) is 5.75 Å². The van der Waals surface area contributed by atoms with E-state index < -0.39 is 11.6 Å². The SMILES string of the molecule is CC(Cn1cccn1)NC(=O)c1cc(COc2ccc(F)cc2F)cs1. The Labute approximate surface area is 153 Å². The van der Waals surface area contributed by atoms with Gasteiger partial charge >= 0.3 is 0 Å². The van der Waals surface area contributed by atoms with Crippen LogP contribution >= 0.6 is 11.3 Å². The third-order valence-corrected chi connectivity index (χ3v) is 4.54. The Morgan fingerprint density at radius 3 is 2.96 bits per heavy atom. The van der Waals surface area contributed by atoms with Gasteiger partial charge in [0, 0.05) is 30.1 Å². The number of rotatable bonds is 7. The van der Waals surface area contributed by atoms with Crippen molar-refractivity contribution in [2.75, 3.05) is 0 Å². The molecule has 0 saturated heterocycles. The summed E-state index contributed by atoms with van der Waals surface area (Å²) in [5.74, 6) is -1.63. The van der Waals surface area contributed by atoms with Crippen molar-refractivity contribution < 1.29 is 18.3 Å². The lowest BCUT2D eigenvalue weighted by molar-refractivity contribution is 0.0940. The van der Waals surface area contributed by atoms with Gasteiger partial charge in [0.25, 0.3) is 5.91 Å². The Morgan fingerprint density at radius 1 is 1.38 bits per heavy atom. The standard InChI is InChI=1S/C18H17F2N3O2S/c1-12(9-23-6-2-5-21-23)22-18(24)17-7-13(11-26-17)10-25-16-4-3-14(19)8-15(16)20/h2-8,11-12H,9-10H2,1H3,(H,22,24). The van der Waals surface area contributed by atoms with Crippen LogP contribution in [0.15, 0.2) is 48.1 Å². The molecular formula is C18H17F2N3O2S. The minimum atomic E-state index is -0.759. The number of nitrogens with zero attached hydrogens (tertiary/aromatic N) is 2. The van der Waals surface area contributed by atoms with Crippen molar-refractivity contribution in [1.82, 2.24) is 15.1 Å². The van der Waals surface area contributed by atoms with Crippen LogP contribution in [-0.4, -0.2) is 21.7 Å². The van der Waals surface area contributed by atoms with Crippen LogP contribution in [0, 0.1) is 11.6 Å². The van der Waals surface area contributed by atoms with E-state index in [9.17, 15) is 13.6 Å². The van der Waals surface area contributed by atoms with E-state index in [1.165, 1.54) is 17.4 Å². The average Bonchev–Trinajstić information content (AvgIpc) is 3.25. The van der Waals surface area contributed by atoms with Gasteiger partial charge in [-0.2, -0.15) is 5.10 Å². The van der Waals surface area contributed by atoms with Crippen molar-refractivity contribution in [3.05, 3.63) is 70.2 Å². The average molecular weight is 377 g/mol. The van der Waals surface area contributed by atoms with Crippen molar-refractivity contribution in [2.24, 2.45) is 0 Å². The zero-order valence-corrected chi connectivity index (χ0v) is 14.8. The molecule has 0 spiro atoms. The Balaban J connectivity index is 1.54. The van der Waals surface area contributed by atoms with Gasteiger partial charge in [-0.1, -0.05) is 0 Å². The highest BCUT2D eigenvalue weighted by Crippen LogP contribution is 2.21. The van der Waals surface area contributed by atoms with Gasteiger partial charge in [-0.3, -0.25) is 9.48 Å². The van der Waals surface area contributed by atoms with E-state index in [1.54, 1.807) is 22.3 Å². The summed E-state index contributed by atoms with van der Waals surface area (Å²) in [7, 11) is 0. The maximum atomic E-state index is 13.6. The molecule has 0 aliphatic rings. The second-order valence-corrected chi connectivity index (χ2v) is 6.70. The molecule has 0 radical (unpaired) electrons. The molecule has 1 unspecified atom stereocenters. The van der Waals surface area contributed by atoms with Crippen LogP contribution in [0.25, 0.3) is 0 Å². The van der Waals surface area contributed by atoms with Gasteiger partial charge < -0.3 is 10.1 Å². The Kier molecular flexibility index (Phi) is 5.62. The van der Waals surface area contributed by atoms with Crippen molar-refractivity contribution in [2.45, 2.75) is 26.1 Å². The van der Waals surface area contributed by atoms with Crippen LogP contribution < -0.4 is 10.1 Å². The van der Waals surface area contributed by atoms with Crippen molar-refractivity contribution in [3.63, 3.8) is 0 Å². The second-order valence-electron chi connectivity index (χ2n) is 5.79. The van der Waals surface area contributed by atoms with E-state index in [0.29, 0.717) is 11.4 Å². The van der Waals surface area contributed by atoms with E-state index in [-0.39, 0.29) is 24.3 Å². The first-order valence-electron chi connectivity index (χ1n) is 7.95. The summed E-state index contributed by atoms with van der Waals surface area (Å²) in [6, 6.07) is 6.57. The monoisotopic (exact) mass is 377 g/mol. The molecule has 0 fully saturated rings. The molecule has 1 aromatic carbocycles. The highest BCUT2D eigenvalue weighted by molar-refractivity contribution is 7.12. The van der Waals surface area contributed by atoms with E-state index in [2.05, 4.69) is 10.4 Å². The van der Waals surface area contributed by atoms with E-state index >= 15 is 0 Å². The third-order valence-electron chi connectivity index (χ3n) is 3.56. The van der Waals surface area contributed by atoms with Crippen LogP contribution in [0.2, 0.25) is 0 Å². The normalized spacial score (nSPS) is 12.0.